The second-order valence-electron chi connectivity index (χ2n) is 7.73. The van der Waals surface area contributed by atoms with Crippen molar-refractivity contribution in [1.82, 2.24) is 10.9 Å². The molecular formula is C19H20N8O11. The van der Waals surface area contributed by atoms with E-state index < -0.39 is 72.2 Å². The van der Waals surface area contributed by atoms with Crippen LogP contribution < -0.4 is 21.7 Å². The van der Waals surface area contributed by atoms with Gasteiger partial charge in [-0.15, -0.1) is 0 Å². The predicted molar refractivity (Wildman–Crippen MR) is 127 cm³/mol. The average Bonchev–Trinajstić information content (AvgIpc) is 2.88. The van der Waals surface area contributed by atoms with Gasteiger partial charge in [0.1, 0.15) is 11.4 Å². The van der Waals surface area contributed by atoms with Gasteiger partial charge in [0.15, 0.2) is 0 Å². The molecule has 5 N–H and O–H groups in total. The van der Waals surface area contributed by atoms with Gasteiger partial charge in [-0.2, -0.15) is 0 Å². The standard InChI is InChI=1S/C19H20N8O11/c1-9(18(29)22-20-13-5-3-11(24(31)32)7-15(13)26(35)36)17(28)10(2)19(30)23-21-14-6-4-12(25(33)34)8-16(14)27(37)38/h3-10,17,20-21,28H,1-2H3,(H,22,29)(H,23,30)/t9-,10+,17?. The van der Waals surface area contributed by atoms with Gasteiger partial charge < -0.3 is 5.11 Å². The molecule has 19 nitrogen and oxygen atoms in total. The Morgan fingerprint density at radius 2 is 1.03 bits per heavy atom. The lowest BCUT2D eigenvalue weighted by atomic mass is 9.92. The second kappa shape index (κ2) is 12.0. The maximum Gasteiger partial charge on any atom is 0.300 e. The highest BCUT2D eigenvalue weighted by Gasteiger charge is 2.32. The first-order chi connectivity index (χ1) is 17.7. The number of anilines is 2. The normalized spacial score (nSPS) is 12.8. The number of nitro benzene ring substituents is 4. The van der Waals surface area contributed by atoms with Gasteiger partial charge >= 0.3 is 11.4 Å². The molecule has 0 aliphatic carbocycles. The van der Waals surface area contributed by atoms with Crippen LogP contribution in [0.2, 0.25) is 0 Å². The number of non-ortho nitro benzene ring substituents is 2. The van der Waals surface area contributed by atoms with Crippen molar-refractivity contribution in [2.75, 3.05) is 10.9 Å². The number of hydrogen-bond acceptors (Lipinski definition) is 13. The lowest BCUT2D eigenvalue weighted by Crippen LogP contribution is -2.46. The molecule has 0 saturated carbocycles. The van der Waals surface area contributed by atoms with Gasteiger partial charge in [0.25, 0.3) is 11.4 Å². The Bertz CT molecular complexity index is 1200. The van der Waals surface area contributed by atoms with Crippen molar-refractivity contribution in [2.24, 2.45) is 11.8 Å². The van der Waals surface area contributed by atoms with E-state index in [1.165, 1.54) is 13.8 Å². The number of nitro groups is 4. The molecule has 3 atom stereocenters. The van der Waals surface area contributed by atoms with E-state index in [0.717, 1.165) is 24.3 Å². The zero-order chi connectivity index (χ0) is 28.7. The predicted octanol–water partition coefficient (Wildman–Crippen LogP) is 1.54. The van der Waals surface area contributed by atoms with Crippen LogP contribution in [0, 0.1) is 52.3 Å². The summed E-state index contributed by atoms with van der Waals surface area (Å²) in [6.07, 6.45) is -1.61. The largest absolute Gasteiger partial charge is 0.391 e. The monoisotopic (exact) mass is 536 g/mol. The molecule has 0 aliphatic heterocycles. The summed E-state index contributed by atoms with van der Waals surface area (Å²) in [6.45, 7) is 2.48. The van der Waals surface area contributed by atoms with Crippen molar-refractivity contribution >= 4 is 45.9 Å². The van der Waals surface area contributed by atoms with E-state index >= 15 is 0 Å². The van der Waals surface area contributed by atoms with Gasteiger partial charge in [0.2, 0.25) is 11.8 Å². The fraction of sp³-hybridized carbons (Fsp3) is 0.263. The summed E-state index contributed by atoms with van der Waals surface area (Å²) >= 11 is 0. The molecular weight excluding hydrogens is 516 g/mol. The van der Waals surface area contributed by atoms with Crippen molar-refractivity contribution < 1.29 is 34.4 Å². The molecule has 0 aromatic heterocycles. The number of rotatable bonds is 12. The van der Waals surface area contributed by atoms with E-state index in [9.17, 15) is 55.2 Å². The summed E-state index contributed by atoms with van der Waals surface area (Å²) in [4.78, 5) is 65.4. The lowest BCUT2D eigenvalue weighted by molar-refractivity contribution is -0.393. The number of carbonyl (C=O) groups excluding carboxylic acids is 2. The highest BCUT2D eigenvalue weighted by molar-refractivity contribution is 5.84. The quantitative estimate of drug-likeness (QED) is 0.190. The van der Waals surface area contributed by atoms with Gasteiger partial charge in [-0.3, -0.25) is 71.7 Å². The van der Waals surface area contributed by atoms with Crippen LogP contribution in [-0.2, 0) is 9.59 Å². The van der Waals surface area contributed by atoms with Crippen LogP contribution >= 0.6 is 0 Å². The van der Waals surface area contributed by atoms with Crippen molar-refractivity contribution in [1.29, 1.82) is 0 Å². The molecule has 0 fully saturated rings. The molecule has 19 heteroatoms. The number of benzene rings is 2. The molecule has 2 aromatic rings. The Morgan fingerprint density at radius 3 is 1.32 bits per heavy atom. The summed E-state index contributed by atoms with van der Waals surface area (Å²) in [5, 5.41) is 54.5. The molecule has 0 bridgehead atoms. The van der Waals surface area contributed by atoms with Crippen LogP contribution in [0.5, 0.6) is 0 Å². The van der Waals surface area contributed by atoms with E-state index in [4.69, 9.17) is 0 Å². The minimum Gasteiger partial charge on any atom is -0.391 e. The molecule has 2 amide bonds. The van der Waals surface area contributed by atoms with Gasteiger partial charge in [0.05, 0.1) is 49.8 Å². The van der Waals surface area contributed by atoms with Gasteiger partial charge in [-0.05, 0) is 12.1 Å². The fourth-order valence-corrected chi connectivity index (χ4v) is 3.01. The molecule has 2 rings (SSSR count). The number of nitrogens with one attached hydrogen (secondary N) is 4. The Hall–Kier alpha value is -5.46. The topological polar surface area (TPSA) is 275 Å². The van der Waals surface area contributed by atoms with Gasteiger partial charge in [0, 0.05) is 12.1 Å². The molecule has 0 aliphatic rings. The Balaban J connectivity index is 2.02. The SMILES string of the molecule is C[C@H](C(=O)NNc1ccc([N+](=O)[O-])cc1[N+](=O)[O-])C(O)[C@@H](C)C(=O)NNc1ccc([N+](=O)[O-])cc1[N+](=O)[O-]. The second-order valence-corrected chi connectivity index (χ2v) is 7.73. The third-order valence-electron chi connectivity index (χ3n) is 5.27. The summed E-state index contributed by atoms with van der Waals surface area (Å²) < 4.78 is 0. The van der Waals surface area contributed by atoms with E-state index in [2.05, 4.69) is 21.7 Å². The van der Waals surface area contributed by atoms with Crippen LogP contribution in [-0.4, -0.2) is 42.7 Å². The van der Waals surface area contributed by atoms with Crippen LogP contribution in [0.25, 0.3) is 0 Å². The number of carbonyl (C=O) groups is 2. The van der Waals surface area contributed by atoms with Crippen molar-refractivity contribution in [2.45, 2.75) is 20.0 Å². The van der Waals surface area contributed by atoms with Crippen LogP contribution in [0.3, 0.4) is 0 Å². The first-order valence-corrected chi connectivity index (χ1v) is 10.4. The summed E-state index contributed by atoms with van der Waals surface area (Å²) in [7, 11) is 0. The first-order valence-electron chi connectivity index (χ1n) is 10.4. The van der Waals surface area contributed by atoms with Gasteiger partial charge in [-0.1, -0.05) is 13.8 Å². The van der Waals surface area contributed by atoms with E-state index in [1.807, 2.05) is 0 Å². The zero-order valence-electron chi connectivity index (χ0n) is 19.5. The highest BCUT2D eigenvalue weighted by atomic mass is 16.6. The number of hydrazine groups is 2. The minimum atomic E-state index is -1.61. The smallest absolute Gasteiger partial charge is 0.300 e. The first kappa shape index (κ1) is 28.8. The van der Waals surface area contributed by atoms with Gasteiger partial charge in [-0.25, -0.2) is 0 Å². The number of aliphatic hydroxyl groups excluding tert-OH is 1. The summed E-state index contributed by atoms with van der Waals surface area (Å²) in [5.41, 5.74) is 5.63. The molecule has 0 heterocycles. The highest BCUT2D eigenvalue weighted by Crippen LogP contribution is 2.29. The van der Waals surface area contributed by atoms with E-state index in [-0.39, 0.29) is 11.4 Å². The number of hydrogen-bond donors (Lipinski definition) is 5. The van der Waals surface area contributed by atoms with Crippen molar-refractivity contribution in [3.05, 3.63) is 76.9 Å². The number of aliphatic hydroxyl groups is 1. The number of nitrogens with zero attached hydrogens (tertiary/aromatic N) is 4. The Morgan fingerprint density at radius 1 is 0.684 bits per heavy atom. The molecule has 1 unspecified atom stereocenters. The minimum absolute atomic E-state index is 0.282. The average molecular weight is 536 g/mol. The summed E-state index contributed by atoms with van der Waals surface area (Å²) in [5.74, 6) is -4.34. The maximum atomic E-state index is 12.4. The molecule has 0 spiro atoms. The lowest BCUT2D eigenvalue weighted by Gasteiger charge is -2.24. The molecule has 2 aromatic carbocycles. The Labute approximate surface area is 211 Å². The summed E-state index contributed by atoms with van der Waals surface area (Å²) in [6, 6.07) is 5.29. The number of amides is 2. The van der Waals surface area contributed by atoms with Crippen molar-refractivity contribution in [3.63, 3.8) is 0 Å². The molecule has 0 radical (unpaired) electrons. The molecule has 202 valence electrons. The maximum absolute atomic E-state index is 12.4. The van der Waals surface area contributed by atoms with Crippen molar-refractivity contribution in [3.8, 4) is 0 Å². The zero-order valence-corrected chi connectivity index (χ0v) is 19.5. The van der Waals surface area contributed by atoms with Crippen LogP contribution in [0.4, 0.5) is 34.1 Å². The third kappa shape index (κ3) is 6.81. The fourth-order valence-electron chi connectivity index (χ4n) is 3.01. The van der Waals surface area contributed by atoms with Crippen LogP contribution in [0.15, 0.2) is 36.4 Å². The third-order valence-corrected chi connectivity index (χ3v) is 5.27. The Kier molecular flexibility index (Phi) is 9.08. The van der Waals surface area contributed by atoms with E-state index in [1.54, 1.807) is 0 Å². The molecule has 38 heavy (non-hydrogen) atoms. The molecule has 0 saturated heterocycles. The van der Waals surface area contributed by atoms with Crippen LogP contribution in [0.1, 0.15) is 13.8 Å². The van der Waals surface area contributed by atoms with E-state index in [0.29, 0.717) is 12.1 Å².